The van der Waals surface area contributed by atoms with Gasteiger partial charge >= 0.3 is 0 Å². The normalized spacial score (nSPS) is 15.1. The fourth-order valence-corrected chi connectivity index (χ4v) is 4.30. The van der Waals surface area contributed by atoms with Gasteiger partial charge in [-0.05, 0) is 52.7 Å². The van der Waals surface area contributed by atoms with Crippen molar-refractivity contribution in [2.75, 3.05) is 26.2 Å². The zero-order valence-electron chi connectivity index (χ0n) is 13.3. The molecule has 0 radical (unpaired) electrons. The van der Waals surface area contributed by atoms with Crippen LogP contribution < -0.4 is 5.32 Å². The first-order valence-electron chi connectivity index (χ1n) is 8.01. The van der Waals surface area contributed by atoms with Crippen LogP contribution in [0.1, 0.15) is 5.56 Å². The van der Waals surface area contributed by atoms with Crippen LogP contribution in [-0.2, 0) is 6.54 Å². The summed E-state index contributed by atoms with van der Waals surface area (Å²) in [6, 6.07) is 17.0. The molecule has 0 aliphatic carbocycles. The van der Waals surface area contributed by atoms with E-state index in [4.69, 9.17) is 0 Å². The lowest BCUT2D eigenvalue weighted by Gasteiger charge is -2.27. The Hall–Kier alpha value is -0.720. The number of fused-ring (bicyclic) bond motifs is 1. The van der Waals surface area contributed by atoms with Crippen molar-refractivity contribution in [1.82, 2.24) is 10.2 Å². The first-order chi connectivity index (χ1) is 11.7. The van der Waals surface area contributed by atoms with Crippen molar-refractivity contribution in [2.45, 2.75) is 6.54 Å². The van der Waals surface area contributed by atoms with E-state index in [1.54, 1.807) is 11.3 Å². The topological polar surface area (TPSA) is 15.3 Å². The molecule has 1 N–H and O–H groups in total. The third kappa shape index (κ3) is 5.39. The summed E-state index contributed by atoms with van der Waals surface area (Å²) < 4.78 is 3.67. The number of thiophene rings is 1. The molecule has 24 heavy (non-hydrogen) atoms. The summed E-state index contributed by atoms with van der Waals surface area (Å²) in [7, 11) is 0. The number of hydrogen-bond donors (Lipinski definition) is 1. The maximum atomic E-state index is 3.50. The molecule has 0 saturated carbocycles. The Morgan fingerprint density at radius 3 is 2.54 bits per heavy atom. The number of piperazine rings is 1. The second kappa shape index (κ2) is 9.11. The van der Waals surface area contributed by atoms with Crippen LogP contribution in [0.15, 0.2) is 62.9 Å². The smallest absolute Gasteiger partial charge is 0.0343 e. The van der Waals surface area contributed by atoms with Crippen LogP contribution in [0.3, 0.4) is 0 Å². The van der Waals surface area contributed by atoms with E-state index < -0.39 is 0 Å². The van der Waals surface area contributed by atoms with E-state index in [9.17, 15) is 0 Å². The van der Waals surface area contributed by atoms with Gasteiger partial charge in [0.2, 0.25) is 0 Å². The highest BCUT2D eigenvalue weighted by Gasteiger charge is 2.09. The van der Waals surface area contributed by atoms with Crippen LogP contribution in [0.25, 0.3) is 10.1 Å². The molecule has 2 aromatic carbocycles. The monoisotopic (exact) mass is 466 g/mol. The van der Waals surface area contributed by atoms with Crippen LogP contribution in [-0.4, -0.2) is 31.1 Å². The van der Waals surface area contributed by atoms with Gasteiger partial charge < -0.3 is 5.32 Å². The first-order valence-corrected chi connectivity index (χ1v) is 10.5. The molecule has 0 amide bonds. The second-order valence-electron chi connectivity index (χ2n) is 5.76. The summed E-state index contributed by atoms with van der Waals surface area (Å²) in [5, 5.41) is 6.79. The minimum absolute atomic E-state index is 1.07. The van der Waals surface area contributed by atoms with E-state index in [2.05, 4.69) is 96.0 Å². The molecule has 3 aromatic rings. The summed E-state index contributed by atoms with van der Waals surface area (Å²) in [6.45, 7) is 5.63. The van der Waals surface area contributed by atoms with Gasteiger partial charge in [0.25, 0.3) is 0 Å². The molecule has 2 heterocycles. The highest BCUT2D eigenvalue weighted by molar-refractivity contribution is 9.10. The highest BCUT2D eigenvalue weighted by Crippen LogP contribution is 2.23. The Bertz CT molecular complexity index is 782. The maximum Gasteiger partial charge on any atom is 0.0343 e. The molecule has 2 nitrogen and oxygen atoms in total. The minimum atomic E-state index is 1.07. The minimum Gasteiger partial charge on any atom is -0.314 e. The average molecular weight is 468 g/mol. The number of benzene rings is 2. The Labute approximate surface area is 164 Å². The molecular formula is C19H20Br2N2S. The number of nitrogens with one attached hydrogen (secondary N) is 1. The Morgan fingerprint density at radius 1 is 0.958 bits per heavy atom. The van der Waals surface area contributed by atoms with Crippen LogP contribution in [0, 0.1) is 0 Å². The van der Waals surface area contributed by atoms with Gasteiger partial charge in [0.15, 0.2) is 0 Å². The van der Waals surface area contributed by atoms with E-state index in [0.29, 0.717) is 0 Å². The summed E-state index contributed by atoms with van der Waals surface area (Å²) in [4.78, 5) is 2.48. The lowest BCUT2D eigenvalue weighted by Crippen LogP contribution is -2.42. The molecule has 1 saturated heterocycles. The molecule has 0 atom stereocenters. The van der Waals surface area contributed by atoms with E-state index in [0.717, 1.165) is 37.2 Å². The Morgan fingerprint density at radius 2 is 1.75 bits per heavy atom. The lowest BCUT2D eigenvalue weighted by molar-refractivity contribution is 0.233. The zero-order chi connectivity index (χ0) is 16.8. The van der Waals surface area contributed by atoms with E-state index in [1.165, 1.54) is 20.1 Å². The van der Waals surface area contributed by atoms with Crippen molar-refractivity contribution in [1.29, 1.82) is 0 Å². The average Bonchev–Trinajstić information content (AvgIpc) is 3.04. The standard InChI is InChI=1S/C11H15BrN2.C8H5BrS/c12-11-3-1-2-10(8-11)9-14-6-4-13-5-7-14;9-7-1-2-8-6(5-7)3-4-10-8/h1-3,8,13H,4-7,9H2;1-5H. The van der Waals surface area contributed by atoms with Crippen LogP contribution in [0.5, 0.6) is 0 Å². The summed E-state index contributed by atoms with van der Waals surface area (Å²) in [5.74, 6) is 0. The Balaban J connectivity index is 0.000000149. The third-order valence-electron chi connectivity index (χ3n) is 3.92. The van der Waals surface area contributed by atoms with Crippen molar-refractivity contribution in [2.24, 2.45) is 0 Å². The van der Waals surface area contributed by atoms with Gasteiger partial charge in [-0.25, -0.2) is 0 Å². The van der Waals surface area contributed by atoms with Gasteiger partial charge in [0.1, 0.15) is 0 Å². The quantitative estimate of drug-likeness (QED) is 0.533. The number of hydrogen-bond acceptors (Lipinski definition) is 3. The van der Waals surface area contributed by atoms with E-state index in [1.807, 2.05) is 0 Å². The predicted octanol–water partition coefficient (Wildman–Crippen LogP) is 5.52. The van der Waals surface area contributed by atoms with Gasteiger partial charge in [-0.2, -0.15) is 0 Å². The van der Waals surface area contributed by atoms with Gasteiger partial charge in [0, 0.05) is 46.4 Å². The molecule has 5 heteroatoms. The molecule has 1 aliphatic rings. The number of nitrogens with zero attached hydrogens (tertiary/aromatic N) is 1. The van der Waals surface area contributed by atoms with Crippen LogP contribution in [0.2, 0.25) is 0 Å². The Kier molecular flexibility index (Phi) is 6.86. The zero-order valence-corrected chi connectivity index (χ0v) is 17.3. The van der Waals surface area contributed by atoms with Crippen molar-refractivity contribution in [3.8, 4) is 0 Å². The van der Waals surface area contributed by atoms with Crippen molar-refractivity contribution >= 4 is 53.3 Å². The van der Waals surface area contributed by atoms with E-state index >= 15 is 0 Å². The summed E-state index contributed by atoms with van der Waals surface area (Å²) in [5.41, 5.74) is 1.39. The fraction of sp³-hybridized carbons (Fsp3) is 0.263. The molecular weight excluding hydrogens is 448 g/mol. The van der Waals surface area contributed by atoms with Crippen LogP contribution >= 0.6 is 43.2 Å². The van der Waals surface area contributed by atoms with E-state index in [-0.39, 0.29) is 0 Å². The molecule has 1 aromatic heterocycles. The van der Waals surface area contributed by atoms with Gasteiger partial charge in [-0.1, -0.05) is 44.0 Å². The molecule has 0 spiro atoms. The fourth-order valence-electron chi connectivity index (χ4n) is 2.70. The highest BCUT2D eigenvalue weighted by atomic mass is 79.9. The second-order valence-corrected chi connectivity index (χ2v) is 8.54. The van der Waals surface area contributed by atoms with Crippen molar-refractivity contribution < 1.29 is 0 Å². The number of halogens is 2. The van der Waals surface area contributed by atoms with Crippen molar-refractivity contribution in [3.05, 3.63) is 68.4 Å². The van der Waals surface area contributed by atoms with Gasteiger partial charge in [-0.15, -0.1) is 11.3 Å². The molecule has 0 unspecified atom stereocenters. The SMILES string of the molecule is Brc1ccc2sccc2c1.Brc1cccc(CN2CCNCC2)c1. The third-order valence-corrected chi connectivity index (χ3v) is 5.80. The van der Waals surface area contributed by atoms with Crippen molar-refractivity contribution in [3.63, 3.8) is 0 Å². The largest absolute Gasteiger partial charge is 0.314 e. The molecule has 1 fully saturated rings. The summed E-state index contributed by atoms with van der Waals surface area (Å²) >= 11 is 8.69. The number of rotatable bonds is 2. The van der Waals surface area contributed by atoms with Gasteiger partial charge in [0.05, 0.1) is 0 Å². The molecule has 126 valence electrons. The first kappa shape index (κ1) is 18.1. The maximum absolute atomic E-state index is 3.50. The summed E-state index contributed by atoms with van der Waals surface area (Å²) in [6.07, 6.45) is 0. The van der Waals surface area contributed by atoms with Gasteiger partial charge in [-0.3, -0.25) is 4.90 Å². The predicted molar refractivity (Wildman–Crippen MR) is 112 cm³/mol. The lowest BCUT2D eigenvalue weighted by atomic mass is 10.2. The molecule has 4 rings (SSSR count). The van der Waals surface area contributed by atoms with Crippen LogP contribution in [0.4, 0.5) is 0 Å². The molecule has 1 aliphatic heterocycles. The molecule has 0 bridgehead atoms.